The molecule has 0 radical (unpaired) electrons. The van der Waals surface area contributed by atoms with Gasteiger partial charge in [-0.15, -0.1) is 0 Å². The number of aliphatic hydroxyl groups excluding tert-OH is 2. The lowest BCUT2D eigenvalue weighted by molar-refractivity contribution is -0.192. The predicted molar refractivity (Wildman–Crippen MR) is 150 cm³/mol. The highest BCUT2D eigenvalue weighted by molar-refractivity contribution is 6.31. The van der Waals surface area contributed by atoms with Gasteiger partial charge in [0.05, 0.1) is 17.2 Å². The van der Waals surface area contributed by atoms with Crippen molar-refractivity contribution >= 4 is 35.0 Å². The van der Waals surface area contributed by atoms with E-state index in [1.54, 1.807) is 36.4 Å². The molecule has 0 aliphatic rings. The zero-order valence-corrected chi connectivity index (χ0v) is 23.4. The van der Waals surface area contributed by atoms with Crippen LogP contribution in [0, 0.1) is 0 Å². The molecule has 0 bridgehead atoms. The molecule has 0 aliphatic heterocycles. The fraction of sp³-hybridized carbons (Fsp3) is 0.286. The molecule has 2 atom stereocenters. The van der Waals surface area contributed by atoms with Crippen LogP contribution in [0.3, 0.4) is 0 Å². The van der Waals surface area contributed by atoms with Gasteiger partial charge in [-0.3, -0.25) is 0 Å². The summed E-state index contributed by atoms with van der Waals surface area (Å²) in [6, 6.07) is 17.9. The lowest BCUT2D eigenvalue weighted by Gasteiger charge is -2.19. The number of rotatable bonds is 11. The number of alkyl halides is 6. The van der Waals surface area contributed by atoms with E-state index >= 15 is 0 Å². The third-order valence-electron chi connectivity index (χ3n) is 5.51. The molecular weight excluding hydrogens is 624 g/mol. The summed E-state index contributed by atoms with van der Waals surface area (Å²) in [6.45, 7) is 0.166. The third kappa shape index (κ3) is 13.1. The number of benzene rings is 3. The van der Waals surface area contributed by atoms with Crippen LogP contribution in [-0.2, 0) is 17.4 Å². The maximum atomic E-state index is 13.0. The minimum atomic E-state index is -5.08. The molecule has 6 N–H and O–H groups in total. The molecule has 0 saturated carbocycles. The first-order valence-electron chi connectivity index (χ1n) is 12.6. The smallest absolute Gasteiger partial charge is 0.490 e. The molecule has 44 heavy (non-hydrogen) atoms. The molecule has 3 aromatic carbocycles. The van der Waals surface area contributed by atoms with Gasteiger partial charge < -0.3 is 36.0 Å². The van der Waals surface area contributed by atoms with E-state index in [0.717, 1.165) is 17.7 Å². The molecule has 0 spiro atoms. The Balaban J connectivity index is 0.000000860. The summed E-state index contributed by atoms with van der Waals surface area (Å²) in [5, 5.41) is 34.5. The number of aliphatic hydroxyl groups is 2. The Morgan fingerprint density at radius 1 is 0.886 bits per heavy atom. The molecule has 2 amide bonds. The first kappa shape index (κ1) is 36.1. The number of carboxylic acids is 1. The van der Waals surface area contributed by atoms with Gasteiger partial charge in [-0.1, -0.05) is 41.9 Å². The summed E-state index contributed by atoms with van der Waals surface area (Å²) in [7, 11) is 0. The molecule has 0 aromatic heterocycles. The van der Waals surface area contributed by atoms with Crippen LogP contribution < -0.4 is 20.7 Å². The largest absolute Gasteiger partial charge is 0.491 e. The topological polar surface area (TPSA) is 140 Å². The second-order valence-electron chi connectivity index (χ2n) is 9.04. The van der Waals surface area contributed by atoms with Crippen molar-refractivity contribution in [3.8, 4) is 5.75 Å². The zero-order valence-electron chi connectivity index (χ0n) is 22.6. The van der Waals surface area contributed by atoms with Crippen molar-refractivity contribution in [2.45, 2.75) is 30.9 Å². The number of anilines is 2. The Hall–Kier alpha value is -4.05. The van der Waals surface area contributed by atoms with Crippen molar-refractivity contribution in [3.63, 3.8) is 0 Å². The van der Waals surface area contributed by atoms with E-state index in [9.17, 15) is 41.4 Å². The van der Waals surface area contributed by atoms with Crippen LogP contribution >= 0.6 is 11.6 Å². The van der Waals surface area contributed by atoms with Crippen LogP contribution in [0.4, 0.5) is 42.5 Å². The Labute approximate surface area is 252 Å². The normalized spacial score (nSPS) is 12.8. The molecule has 3 rings (SSSR count). The lowest BCUT2D eigenvalue weighted by atomic mass is 10.1. The lowest BCUT2D eigenvalue weighted by Crippen LogP contribution is -2.41. The average Bonchev–Trinajstić information content (AvgIpc) is 2.95. The van der Waals surface area contributed by atoms with E-state index in [1.165, 1.54) is 6.07 Å². The first-order chi connectivity index (χ1) is 20.6. The van der Waals surface area contributed by atoms with E-state index < -0.39 is 41.0 Å². The van der Waals surface area contributed by atoms with Crippen molar-refractivity contribution in [1.82, 2.24) is 5.32 Å². The number of ether oxygens (including phenoxy) is 1. The monoisotopic (exact) mass is 651 g/mol. The second kappa shape index (κ2) is 16.7. The van der Waals surface area contributed by atoms with Gasteiger partial charge in [-0.05, 0) is 54.4 Å². The van der Waals surface area contributed by atoms with Crippen molar-refractivity contribution in [3.05, 3.63) is 88.9 Å². The number of carbonyl (C=O) groups is 2. The number of hydrogen-bond donors (Lipinski definition) is 6. The first-order valence-corrected chi connectivity index (χ1v) is 13.0. The van der Waals surface area contributed by atoms with Crippen molar-refractivity contribution in [1.29, 1.82) is 0 Å². The number of halogens is 7. The number of aliphatic carboxylic acids is 1. The highest BCUT2D eigenvalue weighted by atomic mass is 35.5. The molecule has 0 heterocycles. The summed E-state index contributed by atoms with van der Waals surface area (Å²) in [4.78, 5) is 21.1. The van der Waals surface area contributed by atoms with Gasteiger partial charge >= 0.3 is 24.4 Å². The Bertz CT molecular complexity index is 1340. The van der Waals surface area contributed by atoms with Crippen LogP contribution in [0.1, 0.15) is 11.1 Å². The van der Waals surface area contributed by atoms with Gasteiger partial charge in [0.15, 0.2) is 0 Å². The van der Waals surface area contributed by atoms with Gasteiger partial charge in [0.2, 0.25) is 0 Å². The maximum Gasteiger partial charge on any atom is 0.490 e. The number of hydrogen-bond acceptors (Lipinski definition) is 6. The minimum Gasteiger partial charge on any atom is -0.491 e. The second-order valence-corrected chi connectivity index (χ2v) is 9.45. The van der Waals surface area contributed by atoms with Crippen LogP contribution in [-0.4, -0.2) is 65.4 Å². The van der Waals surface area contributed by atoms with Crippen molar-refractivity contribution < 1.29 is 56.0 Å². The standard InChI is InChI=1S/C26H27ClF3N3O4.C2HF3O2/c27-24-11-10-19(13-23(24)26(28,29)30)33-25(36)32-18-8-6-17(7-9-18)12-20(15-34)31-14-21(35)16-37-22-4-2-1-3-5-22;3-2(4,5)1(6)7/h1-11,13,20-21,31,34-35H,12,14-16H2,(H2,32,33,36);(H,6,7)/t20-,21-;/m0./s1. The van der Waals surface area contributed by atoms with Crippen LogP contribution in [0.5, 0.6) is 5.75 Å². The summed E-state index contributed by atoms with van der Waals surface area (Å²) < 4.78 is 76.3. The van der Waals surface area contributed by atoms with E-state index in [4.69, 9.17) is 26.2 Å². The molecule has 9 nitrogen and oxygen atoms in total. The molecule has 0 saturated heterocycles. The third-order valence-corrected chi connectivity index (χ3v) is 5.84. The predicted octanol–water partition coefficient (Wildman–Crippen LogP) is 5.57. The summed E-state index contributed by atoms with van der Waals surface area (Å²) >= 11 is 5.59. The van der Waals surface area contributed by atoms with Crippen LogP contribution in [0.2, 0.25) is 5.02 Å². The van der Waals surface area contributed by atoms with E-state index in [1.807, 2.05) is 18.2 Å². The fourth-order valence-corrected chi connectivity index (χ4v) is 3.62. The average molecular weight is 652 g/mol. The summed E-state index contributed by atoms with van der Waals surface area (Å²) in [6.07, 6.45) is -10.0. The molecule has 3 aromatic rings. The molecule has 16 heteroatoms. The van der Waals surface area contributed by atoms with Crippen molar-refractivity contribution in [2.75, 3.05) is 30.4 Å². The minimum absolute atomic E-state index is 0.0564. The SMILES string of the molecule is O=C(Nc1ccc(C[C@@H](CO)NC[C@H](O)COc2ccccc2)cc1)Nc1ccc(Cl)c(C(F)(F)F)c1.O=C(O)C(F)(F)F. The highest BCUT2D eigenvalue weighted by Crippen LogP contribution is 2.36. The van der Waals surface area contributed by atoms with Crippen LogP contribution in [0.15, 0.2) is 72.8 Å². The van der Waals surface area contributed by atoms with E-state index in [2.05, 4.69) is 16.0 Å². The quantitative estimate of drug-likeness (QED) is 0.149. The zero-order chi connectivity index (χ0) is 32.9. The molecule has 0 fully saturated rings. The van der Waals surface area contributed by atoms with E-state index in [0.29, 0.717) is 17.9 Å². The Morgan fingerprint density at radius 2 is 1.45 bits per heavy atom. The number of carboxylic acid groups (broad SMARTS) is 1. The maximum absolute atomic E-state index is 13.0. The van der Waals surface area contributed by atoms with E-state index in [-0.39, 0.29) is 31.5 Å². The fourth-order valence-electron chi connectivity index (χ4n) is 3.39. The number of para-hydroxylation sites is 1. The van der Waals surface area contributed by atoms with Gasteiger partial charge in [0, 0.05) is 24.0 Å². The Kier molecular flexibility index (Phi) is 13.7. The summed E-state index contributed by atoms with van der Waals surface area (Å²) in [5.74, 6) is -2.10. The highest BCUT2D eigenvalue weighted by Gasteiger charge is 2.38. The number of nitrogens with one attached hydrogen (secondary N) is 3. The molecule has 240 valence electrons. The van der Waals surface area contributed by atoms with Gasteiger partial charge in [0.1, 0.15) is 18.5 Å². The summed E-state index contributed by atoms with van der Waals surface area (Å²) in [5.41, 5.74) is 0.187. The molecular formula is C28H28ClF6N3O6. The van der Waals surface area contributed by atoms with Gasteiger partial charge in [-0.25, -0.2) is 9.59 Å². The molecule has 0 aliphatic carbocycles. The Morgan fingerprint density at radius 3 is 2.00 bits per heavy atom. The van der Waals surface area contributed by atoms with Crippen LogP contribution in [0.25, 0.3) is 0 Å². The number of urea groups is 1. The molecule has 0 unspecified atom stereocenters. The van der Waals surface area contributed by atoms with Gasteiger partial charge in [0.25, 0.3) is 0 Å². The number of amides is 2. The van der Waals surface area contributed by atoms with Gasteiger partial charge in [-0.2, -0.15) is 26.3 Å². The number of carbonyl (C=O) groups excluding carboxylic acids is 1. The van der Waals surface area contributed by atoms with Crippen molar-refractivity contribution in [2.24, 2.45) is 0 Å².